The first-order valence-corrected chi connectivity index (χ1v) is 8.87. The molecule has 3 rings (SSSR count). The zero-order chi connectivity index (χ0) is 16.9. The Kier molecular flexibility index (Phi) is 5.27. The second kappa shape index (κ2) is 7.59. The normalized spacial score (nSPS) is 12.5. The van der Waals surface area contributed by atoms with Crippen molar-refractivity contribution in [2.24, 2.45) is 0 Å². The van der Waals surface area contributed by atoms with Crippen LogP contribution in [0.15, 0.2) is 47.4 Å². The number of thioether (sulfide) groups is 1. The molecule has 0 unspecified atom stereocenters. The van der Waals surface area contributed by atoms with Crippen LogP contribution >= 0.6 is 11.8 Å². The van der Waals surface area contributed by atoms with Gasteiger partial charge < -0.3 is 14.8 Å². The largest absolute Gasteiger partial charge is 0.454 e. The summed E-state index contributed by atoms with van der Waals surface area (Å²) in [6.07, 6.45) is 2.06. The van der Waals surface area contributed by atoms with Crippen LogP contribution in [-0.4, -0.2) is 37.4 Å². The minimum Gasteiger partial charge on any atom is -0.454 e. The predicted octanol–water partition coefficient (Wildman–Crippen LogP) is 3.21. The van der Waals surface area contributed by atoms with Crippen LogP contribution in [0.25, 0.3) is 0 Å². The number of anilines is 1. The highest BCUT2D eigenvalue weighted by Gasteiger charge is 2.14. The lowest BCUT2D eigenvalue weighted by molar-refractivity contribution is -0.117. The number of likely N-dealkylation sites (N-methyl/N-ethyl adjacent to an activating group) is 1. The molecule has 1 amide bonds. The third kappa shape index (κ3) is 4.21. The quantitative estimate of drug-likeness (QED) is 0.816. The van der Waals surface area contributed by atoms with E-state index in [1.807, 2.05) is 18.0 Å². The van der Waals surface area contributed by atoms with Crippen molar-refractivity contribution in [2.75, 3.05) is 32.0 Å². The molecule has 0 fully saturated rings. The third-order valence-electron chi connectivity index (χ3n) is 3.68. The van der Waals surface area contributed by atoms with Crippen LogP contribution in [0.5, 0.6) is 11.5 Å². The summed E-state index contributed by atoms with van der Waals surface area (Å²) in [5, 5.41) is 2.89. The molecule has 0 spiro atoms. The summed E-state index contributed by atoms with van der Waals surface area (Å²) < 4.78 is 10.6. The molecule has 24 heavy (non-hydrogen) atoms. The van der Waals surface area contributed by atoms with Crippen LogP contribution in [-0.2, 0) is 11.3 Å². The average Bonchev–Trinajstić information content (AvgIpc) is 3.03. The van der Waals surface area contributed by atoms with Gasteiger partial charge >= 0.3 is 0 Å². The fourth-order valence-electron chi connectivity index (χ4n) is 2.52. The van der Waals surface area contributed by atoms with E-state index < -0.39 is 0 Å². The van der Waals surface area contributed by atoms with Crippen molar-refractivity contribution in [3.63, 3.8) is 0 Å². The molecule has 2 aromatic carbocycles. The van der Waals surface area contributed by atoms with Gasteiger partial charge in [0.1, 0.15) is 0 Å². The molecule has 1 aliphatic rings. The first kappa shape index (κ1) is 16.7. The van der Waals surface area contributed by atoms with Gasteiger partial charge in [-0.15, -0.1) is 11.8 Å². The molecule has 0 radical (unpaired) electrons. The number of hydrogen-bond donors (Lipinski definition) is 1. The SMILES string of the molecule is CSc1ccc(CN(C)CC(=O)Nc2ccc3c(c2)OCO3)cc1. The van der Waals surface area contributed by atoms with Crippen molar-refractivity contribution in [1.82, 2.24) is 4.90 Å². The number of rotatable bonds is 6. The van der Waals surface area contributed by atoms with Crippen molar-refractivity contribution in [3.05, 3.63) is 48.0 Å². The van der Waals surface area contributed by atoms with Gasteiger partial charge in [0.25, 0.3) is 0 Å². The van der Waals surface area contributed by atoms with E-state index in [1.54, 1.807) is 23.9 Å². The summed E-state index contributed by atoms with van der Waals surface area (Å²) in [6.45, 7) is 1.27. The van der Waals surface area contributed by atoms with Gasteiger partial charge in [0.2, 0.25) is 12.7 Å². The van der Waals surface area contributed by atoms with E-state index in [1.165, 1.54) is 10.5 Å². The van der Waals surface area contributed by atoms with E-state index in [-0.39, 0.29) is 12.7 Å². The second-order valence-corrected chi connectivity index (χ2v) is 6.52. The van der Waals surface area contributed by atoms with Crippen LogP contribution in [0.2, 0.25) is 0 Å². The lowest BCUT2D eigenvalue weighted by atomic mass is 10.2. The van der Waals surface area contributed by atoms with Crippen LogP contribution in [0.1, 0.15) is 5.56 Å². The van der Waals surface area contributed by atoms with Gasteiger partial charge in [0, 0.05) is 23.2 Å². The molecule has 1 N–H and O–H groups in total. The lowest BCUT2D eigenvalue weighted by Gasteiger charge is -2.16. The van der Waals surface area contributed by atoms with Crippen molar-refractivity contribution in [1.29, 1.82) is 0 Å². The van der Waals surface area contributed by atoms with Gasteiger partial charge in [-0.05, 0) is 43.1 Å². The lowest BCUT2D eigenvalue weighted by Crippen LogP contribution is -2.29. The van der Waals surface area contributed by atoms with E-state index >= 15 is 0 Å². The van der Waals surface area contributed by atoms with Crippen molar-refractivity contribution >= 4 is 23.4 Å². The zero-order valence-corrected chi connectivity index (χ0v) is 14.6. The van der Waals surface area contributed by atoms with Crippen molar-refractivity contribution < 1.29 is 14.3 Å². The summed E-state index contributed by atoms with van der Waals surface area (Å²) in [7, 11) is 1.93. The molecule has 126 valence electrons. The first-order chi connectivity index (χ1) is 11.6. The summed E-state index contributed by atoms with van der Waals surface area (Å²) in [5.74, 6) is 1.31. The molecule has 0 atom stereocenters. The number of carbonyl (C=O) groups excluding carboxylic acids is 1. The fraction of sp³-hybridized carbons (Fsp3) is 0.278. The van der Waals surface area contributed by atoms with E-state index in [0.29, 0.717) is 23.7 Å². The number of fused-ring (bicyclic) bond motifs is 1. The summed E-state index contributed by atoms with van der Waals surface area (Å²) >= 11 is 1.72. The summed E-state index contributed by atoms with van der Waals surface area (Å²) in [6, 6.07) is 13.8. The number of hydrogen-bond acceptors (Lipinski definition) is 5. The fourth-order valence-corrected chi connectivity index (χ4v) is 2.93. The first-order valence-electron chi connectivity index (χ1n) is 7.65. The maximum absolute atomic E-state index is 12.2. The Morgan fingerprint density at radius 1 is 1.17 bits per heavy atom. The Morgan fingerprint density at radius 3 is 2.67 bits per heavy atom. The number of benzene rings is 2. The summed E-state index contributed by atoms with van der Waals surface area (Å²) in [4.78, 5) is 15.4. The molecule has 0 saturated heterocycles. The Labute approximate surface area is 145 Å². The molecule has 1 heterocycles. The molecule has 6 heteroatoms. The highest BCUT2D eigenvalue weighted by molar-refractivity contribution is 7.98. The Balaban J connectivity index is 1.52. The van der Waals surface area contributed by atoms with E-state index in [9.17, 15) is 4.79 Å². The Bertz CT molecular complexity index is 719. The molecule has 2 aromatic rings. The molecular weight excluding hydrogens is 324 g/mol. The molecule has 0 aliphatic carbocycles. The van der Waals surface area contributed by atoms with Gasteiger partial charge in [0.05, 0.1) is 6.54 Å². The minimum atomic E-state index is -0.0582. The van der Waals surface area contributed by atoms with Gasteiger partial charge in [-0.2, -0.15) is 0 Å². The van der Waals surface area contributed by atoms with Gasteiger partial charge in [0.15, 0.2) is 11.5 Å². The zero-order valence-electron chi connectivity index (χ0n) is 13.7. The molecule has 0 aromatic heterocycles. The van der Waals surface area contributed by atoms with Crippen molar-refractivity contribution in [3.8, 4) is 11.5 Å². The number of amides is 1. The highest BCUT2D eigenvalue weighted by Crippen LogP contribution is 2.34. The average molecular weight is 344 g/mol. The number of ether oxygens (including phenoxy) is 2. The third-order valence-corrected chi connectivity index (χ3v) is 4.42. The number of nitrogens with zero attached hydrogens (tertiary/aromatic N) is 1. The van der Waals surface area contributed by atoms with Gasteiger partial charge in [-0.1, -0.05) is 12.1 Å². The van der Waals surface area contributed by atoms with Gasteiger partial charge in [-0.3, -0.25) is 9.69 Å². The standard InChI is InChI=1S/C18H20N2O3S/c1-20(10-13-3-6-15(24-2)7-4-13)11-18(21)19-14-5-8-16-17(9-14)23-12-22-16/h3-9H,10-12H2,1-2H3,(H,19,21). The topological polar surface area (TPSA) is 50.8 Å². The molecule has 0 saturated carbocycles. The molecular formula is C18H20N2O3S. The monoisotopic (exact) mass is 344 g/mol. The Morgan fingerprint density at radius 2 is 1.92 bits per heavy atom. The predicted molar refractivity (Wildman–Crippen MR) is 95.8 cm³/mol. The molecule has 5 nitrogen and oxygen atoms in total. The maximum atomic E-state index is 12.2. The van der Waals surface area contributed by atoms with Crippen molar-refractivity contribution in [2.45, 2.75) is 11.4 Å². The maximum Gasteiger partial charge on any atom is 0.238 e. The van der Waals surface area contributed by atoms with Gasteiger partial charge in [-0.25, -0.2) is 0 Å². The van der Waals surface area contributed by atoms with Crippen LogP contribution in [0.3, 0.4) is 0 Å². The van der Waals surface area contributed by atoms with E-state index in [0.717, 1.165) is 6.54 Å². The second-order valence-electron chi connectivity index (χ2n) is 5.64. The highest BCUT2D eigenvalue weighted by atomic mass is 32.2. The van der Waals surface area contributed by atoms with Crippen LogP contribution < -0.4 is 14.8 Å². The van der Waals surface area contributed by atoms with E-state index in [4.69, 9.17) is 9.47 Å². The minimum absolute atomic E-state index is 0.0582. The van der Waals surface area contributed by atoms with Crippen LogP contribution in [0.4, 0.5) is 5.69 Å². The Hall–Kier alpha value is -2.18. The number of nitrogens with one attached hydrogen (secondary N) is 1. The number of carbonyl (C=O) groups is 1. The summed E-state index contributed by atoms with van der Waals surface area (Å²) in [5.41, 5.74) is 1.90. The van der Waals surface area contributed by atoms with Crippen LogP contribution in [0, 0.1) is 0 Å². The molecule has 1 aliphatic heterocycles. The van der Waals surface area contributed by atoms with E-state index in [2.05, 4.69) is 35.8 Å². The smallest absolute Gasteiger partial charge is 0.238 e. The molecule has 0 bridgehead atoms.